The first kappa shape index (κ1) is 10.1. The van der Waals surface area contributed by atoms with Gasteiger partial charge in [0, 0.05) is 12.2 Å². The second-order valence-corrected chi connectivity index (χ2v) is 3.21. The van der Waals surface area contributed by atoms with Gasteiger partial charge < -0.3 is 0 Å². The number of aryl methyl sites for hydroxylation is 1. The molecule has 0 amide bonds. The summed E-state index contributed by atoms with van der Waals surface area (Å²) in [6.45, 7) is 1.92. The first-order chi connectivity index (χ1) is 6.24. The minimum absolute atomic E-state index is 0.253. The minimum Gasteiger partial charge on any atom is -0.206 e. The van der Waals surface area contributed by atoms with Gasteiger partial charge >= 0.3 is 0 Å². The number of rotatable bonds is 1. The van der Waals surface area contributed by atoms with E-state index in [9.17, 15) is 4.39 Å². The highest BCUT2D eigenvalue weighted by molar-refractivity contribution is 7.80. The molecule has 0 aromatic heterocycles. The quantitative estimate of drug-likeness (QED) is 0.516. The predicted molar refractivity (Wildman–Crippen MR) is 56.5 cm³/mol. The Hall–Kier alpha value is -0.940. The smallest absolute Gasteiger partial charge is 0.138 e. The van der Waals surface area contributed by atoms with Crippen molar-refractivity contribution in [3.05, 3.63) is 35.1 Å². The van der Waals surface area contributed by atoms with Gasteiger partial charge in [-0.05, 0) is 24.6 Å². The molecule has 0 fully saturated rings. The topological polar surface area (TPSA) is 0 Å². The molecule has 0 spiro atoms. The lowest BCUT2D eigenvalue weighted by Crippen LogP contribution is -1.84. The van der Waals surface area contributed by atoms with E-state index in [0.717, 1.165) is 5.56 Å². The molecule has 0 heterocycles. The first-order valence-corrected chi connectivity index (χ1v) is 4.73. The van der Waals surface area contributed by atoms with E-state index in [1.165, 1.54) is 6.07 Å². The summed E-state index contributed by atoms with van der Waals surface area (Å²) in [5, 5.41) is 0. The van der Waals surface area contributed by atoms with Crippen LogP contribution in [0, 0.1) is 24.6 Å². The zero-order valence-corrected chi connectivity index (χ0v) is 8.37. The summed E-state index contributed by atoms with van der Waals surface area (Å²) in [6.07, 6.45) is 0.691. The molecule has 1 rings (SSSR count). The van der Waals surface area contributed by atoms with Gasteiger partial charge in [-0.15, -0.1) is 0 Å². The van der Waals surface area contributed by atoms with Crippen LogP contribution in [0.15, 0.2) is 18.2 Å². The van der Waals surface area contributed by atoms with Gasteiger partial charge in [0.25, 0.3) is 0 Å². The van der Waals surface area contributed by atoms with E-state index in [-0.39, 0.29) is 5.82 Å². The summed E-state index contributed by atoms with van der Waals surface area (Å²) in [5.41, 5.74) is 1.50. The SMILES string of the molecule is Cc1ccc(F)c(C#CCCS)c1. The van der Waals surface area contributed by atoms with Crippen LogP contribution in [0.1, 0.15) is 17.5 Å². The zero-order valence-electron chi connectivity index (χ0n) is 7.47. The first-order valence-electron chi connectivity index (χ1n) is 4.10. The maximum atomic E-state index is 13.1. The van der Waals surface area contributed by atoms with Crippen LogP contribution in [-0.4, -0.2) is 5.75 Å². The van der Waals surface area contributed by atoms with Crippen LogP contribution in [-0.2, 0) is 0 Å². The van der Waals surface area contributed by atoms with Crippen molar-refractivity contribution in [1.29, 1.82) is 0 Å². The second-order valence-electron chi connectivity index (χ2n) is 2.76. The summed E-state index contributed by atoms with van der Waals surface area (Å²) >= 11 is 4.02. The van der Waals surface area contributed by atoms with E-state index >= 15 is 0 Å². The maximum Gasteiger partial charge on any atom is 0.138 e. The lowest BCUT2D eigenvalue weighted by Gasteiger charge is -1.95. The lowest BCUT2D eigenvalue weighted by atomic mass is 10.1. The second kappa shape index (κ2) is 4.94. The van der Waals surface area contributed by atoms with Crippen molar-refractivity contribution < 1.29 is 4.39 Å². The molecular weight excluding hydrogens is 183 g/mol. The van der Waals surface area contributed by atoms with E-state index < -0.39 is 0 Å². The van der Waals surface area contributed by atoms with Crippen molar-refractivity contribution in [2.75, 3.05) is 5.75 Å². The molecule has 0 saturated carbocycles. The Balaban J connectivity index is 2.89. The average Bonchev–Trinajstić information content (AvgIpc) is 2.11. The highest BCUT2D eigenvalue weighted by Gasteiger charge is 1.97. The largest absolute Gasteiger partial charge is 0.206 e. The van der Waals surface area contributed by atoms with Gasteiger partial charge in [-0.1, -0.05) is 17.9 Å². The summed E-state index contributed by atoms with van der Waals surface area (Å²) in [5.74, 6) is 6.09. The Morgan fingerprint density at radius 1 is 1.46 bits per heavy atom. The molecule has 0 nitrogen and oxygen atoms in total. The zero-order chi connectivity index (χ0) is 9.68. The van der Waals surface area contributed by atoms with Crippen molar-refractivity contribution in [2.24, 2.45) is 0 Å². The summed E-state index contributed by atoms with van der Waals surface area (Å²) < 4.78 is 13.1. The van der Waals surface area contributed by atoms with E-state index in [0.29, 0.717) is 17.7 Å². The average molecular weight is 194 g/mol. The molecule has 1 aromatic carbocycles. The van der Waals surface area contributed by atoms with Crippen LogP contribution in [0.4, 0.5) is 4.39 Å². The third-order valence-electron chi connectivity index (χ3n) is 1.58. The summed E-state index contributed by atoms with van der Waals surface area (Å²) in [6, 6.07) is 4.93. The fourth-order valence-electron chi connectivity index (χ4n) is 0.949. The lowest BCUT2D eigenvalue weighted by molar-refractivity contribution is 0.624. The molecule has 0 aliphatic carbocycles. The molecule has 13 heavy (non-hydrogen) atoms. The monoisotopic (exact) mass is 194 g/mol. The van der Waals surface area contributed by atoms with E-state index in [4.69, 9.17) is 0 Å². The molecule has 0 N–H and O–H groups in total. The normalized spacial score (nSPS) is 9.15. The van der Waals surface area contributed by atoms with Crippen molar-refractivity contribution in [2.45, 2.75) is 13.3 Å². The van der Waals surface area contributed by atoms with Crippen LogP contribution in [0.2, 0.25) is 0 Å². The van der Waals surface area contributed by atoms with E-state index in [2.05, 4.69) is 24.5 Å². The summed E-state index contributed by atoms with van der Waals surface area (Å²) in [4.78, 5) is 0. The van der Waals surface area contributed by atoms with Gasteiger partial charge in [0.1, 0.15) is 5.82 Å². The number of halogens is 1. The number of thiol groups is 1. The van der Waals surface area contributed by atoms with Crippen LogP contribution in [0.25, 0.3) is 0 Å². The fraction of sp³-hybridized carbons (Fsp3) is 0.273. The van der Waals surface area contributed by atoms with Gasteiger partial charge in [-0.3, -0.25) is 0 Å². The molecule has 1 aromatic rings. The third kappa shape index (κ3) is 3.12. The fourth-order valence-corrected chi connectivity index (χ4v) is 1.06. The Bertz CT molecular complexity index is 347. The number of benzene rings is 1. The molecule has 68 valence electrons. The Labute approximate surface area is 83.6 Å². The third-order valence-corrected chi connectivity index (χ3v) is 1.81. The Kier molecular flexibility index (Phi) is 3.85. The predicted octanol–water partition coefficient (Wildman–Crippen LogP) is 2.81. The van der Waals surface area contributed by atoms with Crippen LogP contribution >= 0.6 is 12.6 Å². The van der Waals surface area contributed by atoms with E-state index in [1.54, 1.807) is 12.1 Å². The van der Waals surface area contributed by atoms with Crippen molar-refractivity contribution in [3.8, 4) is 11.8 Å². The van der Waals surface area contributed by atoms with Crippen LogP contribution in [0.3, 0.4) is 0 Å². The standard InChI is InChI=1S/C11H11FS/c1-9-5-6-11(12)10(8-9)4-2-3-7-13/h5-6,8,13H,3,7H2,1H3. The molecule has 0 radical (unpaired) electrons. The minimum atomic E-state index is -0.253. The van der Waals surface area contributed by atoms with Gasteiger partial charge in [0.15, 0.2) is 0 Å². The Morgan fingerprint density at radius 2 is 2.23 bits per heavy atom. The van der Waals surface area contributed by atoms with Crippen molar-refractivity contribution in [3.63, 3.8) is 0 Å². The molecule has 0 bridgehead atoms. The summed E-state index contributed by atoms with van der Waals surface area (Å²) in [7, 11) is 0. The number of hydrogen-bond acceptors (Lipinski definition) is 1. The molecular formula is C11H11FS. The van der Waals surface area contributed by atoms with Crippen molar-refractivity contribution in [1.82, 2.24) is 0 Å². The molecule has 0 aliphatic heterocycles. The van der Waals surface area contributed by atoms with Crippen molar-refractivity contribution >= 4 is 12.6 Å². The van der Waals surface area contributed by atoms with Gasteiger partial charge in [0.05, 0.1) is 5.56 Å². The Morgan fingerprint density at radius 3 is 2.92 bits per heavy atom. The van der Waals surface area contributed by atoms with Gasteiger partial charge in [-0.2, -0.15) is 12.6 Å². The number of hydrogen-bond donors (Lipinski definition) is 1. The molecule has 0 saturated heterocycles. The van der Waals surface area contributed by atoms with Crippen LogP contribution < -0.4 is 0 Å². The highest BCUT2D eigenvalue weighted by Crippen LogP contribution is 2.08. The van der Waals surface area contributed by atoms with Gasteiger partial charge in [0.2, 0.25) is 0 Å². The molecule has 0 aliphatic rings. The van der Waals surface area contributed by atoms with Gasteiger partial charge in [-0.25, -0.2) is 4.39 Å². The molecule has 2 heteroatoms. The molecule has 0 unspecified atom stereocenters. The van der Waals surface area contributed by atoms with E-state index in [1.807, 2.05) is 6.92 Å². The maximum absolute atomic E-state index is 13.1. The van der Waals surface area contributed by atoms with Crippen LogP contribution in [0.5, 0.6) is 0 Å². The highest BCUT2D eigenvalue weighted by atomic mass is 32.1. The molecule has 0 atom stereocenters.